The molecule has 0 amide bonds. The number of ether oxygens (including phenoxy) is 1. The third-order valence-electron chi connectivity index (χ3n) is 3.29. The number of halogens is 1. The average molecular weight is 383 g/mol. The van der Waals surface area contributed by atoms with E-state index in [4.69, 9.17) is 25.4 Å². The van der Waals surface area contributed by atoms with Crippen LogP contribution < -0.4 is 0 Å². The molecule has 0 aliphatic rings. The van der Waals surface area contributed by atoms with Crippen molar-refractivity contribution in [3.8, 4) is 0 Å². The van der Waals surface area contributed by atoms with Crippen LogP contribution in [0.1, 0.15) is 35.6 Å². The van der Waals surface area contributed by atoms with Gasteiger partial charge in [-0.1, -0.05) is 41.9 Å². The summed E-state index contributed by atoms with van der Waals surface area (Å²) in [6.45, 7) is 3.74. The summed E-state index contributed by atoms with van der Waals surface area (Å²) in [5.74, 6) is -1.79. The lowest BCUT2D eigenvalue weighted by Gasteiger charge is -2.26. The van der Waals surface area contributed by atoms with E-state index in [0.29, 0.717) is 16.1 Å². The number of hydrogen-bond acceptors (Lipinski definition) is 5. The number of carbonyl (C=O) groups excluding carboxylic acids is 1. The molecule has 0 spiro atoms. The zero-order valence-electron chi connectivity index (χ0n) is 14.1. The van der Waals surface area contributed by atoms with Crippen molar-refractivity contribution in [1.29, 1.82) is 0 Å². The van der Waals surface area contributed by atoms with Gasteiger partial charge in [0, 0.05) is 10.6 Å². The molecular weight excluding hydrogens is 363 g/mol. The summed E-state index contributed by atoms with van der Waals surface area (Å²) >= 11 is 5.84. The molecule has 0 aromatic heterocycles. The first-order chi connectivity index (χ1) is 12.0. The van der Waals surface area contributed by atoms with Crippen LogP contribution in [0.5, 0.6) is 0 Å². The van der Waals surface area contributed by atoms with Crippen molar-refractivity contribution in [2.45, 2.75) is 19.7 Å². The van der Waals surface area contributed by atoms with Gasteiger partial charge >= 0.3 is 13.6 Å². The van der Waals surface area contributed by atoms with Crippen molar-refractivity contribution in [2.24, 2.45) is 0 Å². The zero-order valence-corrected chi connectivity index (χ0v) is 15.7. The van der Waals surface area contributed by atoms with Crippen LogP contribution in [0.4, 0.5) is 0 Å². The van der Waals surface area contributed by atoms with Crippen molar-refractivity contribution >= 4 is 25.2 Å². The van der Waals surface area contributed by atoms with Gasteiger partial charge in [0.05, 0.1) is 18.8 Å². The van der Waals surface area contributed by atoms with Gasteiger partial charge in [-0.2, -0.15) is 0 Å². The SMILES string of the molecule is CCOP(=O)(OCC)C(OC(=O)c1ccc(Cl)cc1)c1ccccc1. The molecule has 0 aliphatic heterocycles. The molecule has 2 rings (SSSR count). The van der Waals surface area contributed by atoms with Crippen LogP contribution >= 0.6 is 19.2 Å². The summed E-state index contributed by atoms with van der Waals surface area (Å²) in [5, 5.41) is 0.505. The van der Waals surface area contributed by atoms with Gasteiger partial charge in [-0.05, 0) is 38.1 Å². The Balaban J connectivity index is 2.36. The smallest absolute Gasteiger partial charge is 0.375 e. The highest BCUT2D eigenvalue weighted by Gasteiger charge is 2.40. The van der Waals surface area contributed by atoms with E-state index in [0.717, 1.165) is 0 Å². The van der Waals surface area contributed by atoms with Crippen LogP contribution in [-0.4, -0.2) is 19.2 Å². The van der Waals surface area contributed by atoms with Crippen molar-refractivity contribution in [3.63, 3.8) is 0 Å². The molecule has 0 heterocycles. The highest BCUT2D eigenvalue weighted by atomic mass is 35.5. The van der Waals surface area contributed by atoms with E-state index >= 15 is 0 Å². The Morgan fingerprint density at radius 1 is 1.00 bits per heavy atom. The average Bonchev–Trinajstić information content (AvgIpc) is 2.61. The molecule has 0 saturated heterocycles. The van der Waals surface area contributed by atoms with Crippen LogP contribution in [0.15, 0.2) is 54.6 Å². The van der Waals surface area contributed by atoms with E-state index in [9.17, 15) is 9.36 Å². The van der Waals surface area contributed by atoms with Crippen LogP contribution in [0, 0.1) is 0 Å². The van der Waals surface area contributed by atoms with Crippen LogP contribution in [-0.2, 0) is 18.3 Å². The lowest BCUT2D eigenvalue weighted by Crippen LogP contribution is -2.15. The zero-order chi connectivity index (χ0) is 18.3. The largest absolute Gasteiger partial charge is 0.441 e. The van der Waals surface area contributed by atoms with Gasteiger partial charge in [-0.3, -0.25) is 4.57 Å². The van der Waals surface area contributed by atoms with Gasteiger partial charge in [0.15, 0.2) is 0 Å². The van der Waals surface area contributed by atoms with E-state index in [2.05, 4.69) is 0 Å². The topological polar surface area (TPSA) is 61.8 Å². The monoisotopic (exact) mass is 382 g/mol. The van der Waals surface area contributed by atoms with E-state index in [-0.39, 0.29) is 13.2 Å². The van der Waals surface area contributed by atoms with Crippen LogP contribution in [0.25, 0.3) is 0 Å². The number of benzene rings is 2. The molecule has 0 fully saturated rings. The molecule has 25 heavy (non-hydrogen) atoms. The molecule has 0 radical (unpaired) electrons. The molecular formula is C18H20ClO5P. The van der Waals surface area contributed by atoms with Gasteiger partial charge in [0.25, 0.3) is 0 Å². The number of carbonyl (C=O) groups is 1. The Labute approximate surface area is 152 Å². The number of hydrogen-bond donors (Lipinski definition) is 0. The molecule has 0 saturated carbocycles. The second-order valence-electron chi connectivity index (χ2n) is 5.05. The van der Waals surface area contributed by atoms with E-state index in [1.165, 1.54) is 0 Å². The first kappa shape index (κ1) is 19.7. The highest BCUT2D eigenvalue weighted by Crippen LogP contribution is 2.61. The summed E-state index contributed by atoms with van der Waals surface area (Å²) in [7, 11) is -3.70. The van der Waals surface area contributed by atoms with Gasteiger partial charge in [-0.15, -0.1) is 0 Å². The first-order valence-corrected chi connectivity index (χ1v) is 9.89. The highest BCUT2D eigenvalue weighted by molar-refractivity contribution is 7.54. The third kappa shape index (κ3) is 5.16. The normalized spacial score (nSPS) is 12.6. The quantitative estimate of drug-likeness (QED) is 0.448. The summed E-state index contributed by atoms with van der Waals surface area (Å²) in [5.41, 5.74) is 0.833. The second kappa shape index (κ2) is 9.16. The Kier molecular flexibility index (Phi) is 7.21. The van der Waals surface area contributed by atoms with Gasteiger partial charge in [0.1, 0.15) is 0 Å². The first-order valence-electron chi connectivity index (χ1n) is 7.90. The minimum atomic E-state index is -3.70. The van der Waals surface area contributed by atoms with Crippen molar-refractivity contribution in [2.75, 3.05) is 13.2 Å². The van der Waals surface area contributed by atoms with E-state index in [1.807, 2.05) is 6.07 Å². The van der Waals surface area contributed by atoms with E-state index in [1.54, 1.807) is 62.4 Å². The Morgan fingerprint density at radius 3 is 2.08 bits per heavy atom. The fraction of sp³-hybridized carbons (Fsp3) is 0.278. The standard InChI is InChI=1S/C18H20ClO5P/c1-3-22-25(21,23-4-2)18(15-8-6-5-7-9-15)24-17(20)14-10-12-16(19)13-11-14/h5-13,18H,3-4H2,1-2H3. The lowest BCUT2D eigenvalue weighted by atomic mass is 10.2. The summed E-state index contributed by atoms with van der Waals surface area (Å²) in [4.78, 5) is 12.5. The molecule has 2 aromatic rings. The predicted molar refractivity (Wildman–Crippen MR) is 96.9 cm³/mol. The molecule has 2 aromatic carbocycles. The number of rotatable bonds is 8. The molecule has 5 nitrogen and oxygen atoms in total. The van der Waals surface area contributed by atoms with Crippen molar-refractivity contribution < 1.29 is 23.1 Å². The van der Waals surface area contributed by atoms with Crippen LogP contribution in [0.3, 0.4) is 0 Å². The lowest BCUT2D eigenvalue weighted by molar-refractivity contribution is 0.0364. The summed E-state index contributed by atoms with van der Waals surface area (Å²) in [6.07, 6.45) is 0. The molecule has 0 bridgehead atoms. The Morgan fingerprint density at radius 2 is 1.56 bits per heavy atom. The second-order valence-corrected chi connectivity index (χ2v) is 7.55. The molecule has 0 N–H and O–H groups in total. The summed E-state index contributed by atoms with van der Waals surface area (Å²) in [6, 6.07) is 15.0. The van der Waals surface area contributed by atoms with Crippen LogP contribution in [0.2, 0.25) is 5.02 Å². The fourth-order valence-electron chi connectivity index (χ4n) is 2.22. The number of esters is 1. The molecule has 7 heteroatoms. The van der Waals surface area contributed by atoms with Gasteiger partial charge in [-0.25, -0.2) is 4.79 Å². The minimum Gasteiger partial charge on any atom is -0.441 e. The molecule has 134 valence electrons. The van der Waals surface area contributed by atoms with Crippen molar-refractivity contribution in [1.82, 2.24) is 0 Å². The fourth-order valence-corrected chi connectivity index (χ4v) is 4.17. The maximum Gasteiger partial charge on any atom is 0.375 e. The minimum absolute atomic E-state index is 0.166. The molecule has 1 atom stereocenters. The van der Waals surface area contributed by atoms with E-state index < -0.39 is 19.4 Å². The maximum atomic E-state index is 13.2. The Hall–Kier alpha value is -1.65. The van der Waals surface area contributed by atoms with Gasteiger partial charge in [0.2, 0.25) is 5.85 Å². The Bertz CT molecular complexity index is 723. The van der Waals surface area contributed by atoms with Gasteiger partial charge < -0.3 is 13.8 Å². The molecule has 0 aliphatic carbocycles. The summed E-state index contributed by atoms with van der Waals surface area (Å²) < 4.78 is 29.5. The predicted octanol–water partition coefficient (Wildman–Crippen LogP) is 5.46. The molecule has 1 unspecified atom stereocenters. The maximum absolute atomic E-state index is 13.2. The van der Waals surface area contributed by atoms with Crippen molar-refractivity contribution in [3.05, 3.63) is 70.7 Å². The third-order valence-corrected chi connectivity index (χ3v) is 5.75.